The van der Waals surface area contributed by atoms with Crippen LogP contribution in [-0.4, -0.2) is 20.7 Å². The summed E-state index contributed by atoms with van der Waals surface area (Å²) in [6.45, 7) is 0.833. The van der Waals surface area contributed by atoms with Crippen LogP contribution in [-0.2, 0) is 6.54 Å². The van der Waals surface area contributed by atoms with Crippen LogP contribution in [0.5, 0.6) is 0 Å². The van der Waals surface area contributed by atoms with Gasteiger partial charge in [0.05, 0.1) is 18.4 Å². The Morgan fingerprint density at radius 3 is 3.33 bits per heavy atom. The van der Waals surface area contributed by atoms with Crippen molar-refractivity contribution in [2.45, 2.75) is 6.54 Å². The monoisotopic (exact) mass is 158 g/mol. The van der Waals surface area contributed by atoms with E-state index < -0.39 is 0 Å². The Kier molecular flexibility index (Phi) is 0.935. The second-order valence-electron chi connectivity index (χ2n) is 2.69. The van der Waals surface area contributed by atoms with Gasteiger partial charge < -0.3 is 4.57 Å². The van der Waals surface area contributed by atoms with Crippen LogP contribution in [0.3, 0.4) is 0 Å². The Morgan fingerprint density at radius 2 is 2.33 bits per heavy atom. The fraction of sp³-hybridized carbons (Fsp3) is 0.125. The van der Waals surface area contributed by atoms with E-state index in [1.807, 2.05) is 12.3 Å². The van der Waals surface area contributed by atoms with Gasteiger partial charge >= 0.3 is 0 Å². The second kappa shape index (κ2) is 1.91. The average molecular weight is 158 g/mol. The number of aromatic nitrogens is 3. The lowest BCUT2D eigenvalue weighted by Gasteiger charge is -2.06. The Bertz CT molecular complexity index is 429. The van der Waals surface area contributed by atoms with Crippen molar-refractivity contribution in [1.29, 1.82) is 0 Å². The molecule has 0 unspecified atom stereocenters. The second-order valence-corrected chi connectivity index (χ2v) is 2.69. The summed E-state index contributed by atoms with van der Waals surface area (Å²) in [7, 11) is 0. The topological polar surface area (TPSA) is 43.1 Å². The zero-order valence-electron chi connectivity index (χ0n) is 6.31. The molecule has 0 aromatic rings. The van der Waals surface area contributed by atoms with Crippen LogP contribution < -0.4 is 0 Å². The maximum Gasteiger partial charge on any atom is 0.176 e. The molecule has 0 bridgehead atoms. The van der Waals surface area contributed by atoms with Crippen molar-refractivity contribution < 1.29 is 0 Å². The summed E-state index contributed by atoms with van der Waals surface area (Å²) in [6, 6.07) is 1.96. The van der Waals surface area contributed by atoms with Gasteiger partial charge in [-0.3, -0.25) is 0 Å². The van der Waals surface area contributed by atoms with E-state index in [2.05, 4.69) is 19.5 Å². The number of aliphatic imine (C=N–C) groups is 1. The van der Waals surface area contributed by atoms with Gasteiger partial charge in [-0.2, -0.15) is 0 Å². The molecular weight excluding hydrogens is 152 g/mol. The van der Waals surface area contributed by atoms with Crippen molar-refractivity contribution in [1.82, 2.24) is 14.5 Å². The predicted octanol–water partition coefficient (Wildman–Crippen LogP) is 1.10. The van der Waals surface area contributed by atoms with Crippen LogP contribution in [0.25, 0.3) is 11.5 Å². The largest absolute Gasteiger partial charge is 0.316 e. The van der Waals surface area contributed by atoms with Gasteiger partial charge in [-0.05, 0) is 6.07 Å². The molecule has 0 saturated heterocycles. The summed E-state index contributed by atoms with van der Waals surface area (Å²) in [5.41, 5.74) is 1.06. The molecular formula is C8H6N4. The smallest absolute Gasteiger partial charge is 0.176 e. The van der Waals surface area contributed by atoms with Gasteiger partial charge in [-0.25, -0.2) is 15.0 Å². The van der Waals surface area contributed by atoms with Gasteiger partial charge in [0.25, 0.3) is 0 Å². The molecule has 58 valence electrons. The Labute approximate surface area is 68.9 Å². The lowest BCUT2D eigenvalue weighted by Crippen LogP contribution is -2.00. The lowest BCUT2D eigenvalue weighted by molar-refractivity contribution is 0.880. The fourth-order valence-corrected chi connectivity index (χ4v) is 1.45. The predicted molar refractivity (Wildman–Crippen MR) is 44.8 cm³/mol. The van der Waals surface area contributed by atoms with Crippen molar-refractivity contribution in [3.63, 3.8) is 0 Å². The summed E-state index contributed by atoms with van der Waals surface area (Å²) in [5.74, 6) is 1.71. The Morgan fingerprint density at radius 1 is 1.33 bits per heavy atom. The summed E-state index contributed by atoms with van der Waals surface area (Å²) in [4.78, 5) is 12.5. The molecule has 0 radical (unpaired) electrons. The average Bonchev–Trinajstić information content (AvgIpc) is 2.71. The highest BCUT2D eigenvalue weighted by molar-refractivity contribution is 5.70. The molecule has 0 fully saturated rings. The van der Waals surface area contributed by atoms with E-state index in [0.717, 1.165) is 23.9 Å². The van der Waals surface area contributed by atoms with Crippen LogP contribution in [0, 0.1) is 0 Å². The highest BCUT2D eigenvalue weighted by atomic mass is 15.2. The zero-order chi connectivity index (χ0) is 7.97. The lowest BCUT2D eigenvalue weighted by atomic mass is 10.4. The van der Waals surface area contributed by atoms with Crippen LogP contribution in [0.2, 0.25) is 0 Å². The van der Waals surface area contributed by atoms with E-state index in [4.69, 9.17) is 0 Å². The SMILES string of the molecule is C1=Nc2cnc3nccc-3n2C1. The van der Waals surface area contributed by atoms with E-state index in [1.54, 1.807) is 12.4 Å². The van der Waals surface area contributed by atoms with Gasteiger partial charge in [-0.15, -0.1) is 0 Å². The van der Waals surface area contributed by atoms with E-state index in [-0.39, 0.29) is 0 Å². The minimum Gasteiger partial charge on any atom is -0.316 e. The third-order valence-corrected chi connectivity index (χ3v) is 2.02. The first-order valence-electron chi connectivity index (χ1n) is 3.78. The number of hydrogen-bond donors (Lipinski definition) is 0. The molecule has 3 aliphatic heterocycles. The standard InChI is InChI=1S/C8H6N4/c1-2-10-8-6(1)12-4-3-9-7(12)5-11-8/h1-3,5H,4H2. The van der Waals surface area contributed by atoms with Crippen molar-refractivity contribution in [2.24, 2.45) is 4.99 Å². The quantitative estimate of drug-likeness (QED) is 0.576. The summed E-state index contributed by atoms with van der Waals surface area (Å²) in [5, 5.41) is 0. The van der Waals surface area contributed by atoms with Crippen molar-refractivity contribution >= 4 is 12.0 Å². The number of hydrogen-bond acceptors (Lipinski definition) is 3. The number of fused-ring (bicyclic) bond motifs is 3. The number of nitrogens with zero attached hydrogens (tertiary/aromatic N) is 4. The summed E-state index contributed by atoms with van der Waals surface area (Å²) < 4.78 is 2.09. The van der Waals surface area contributed by atoms with Crippen molar-refractivity contribution in [3.8, 4) is 11.5 Å². The molecule has 0 atom stereocenters. The van der Waals surface area contributed by atoms with E-state index >= 15 is 0 Å². The fourth-order valence-electron chi connectivity index (χ4n) is 1.45. The molecule has 4 nitrogen and oxygen atoms in total. The van der Waals surface area contributed by atoms with E-state index in [0.29, 0.717) is 0 Å². The van der Waals surface area contributed by atoms with Crippen molar-refractivity contribution in [2.75, 3.05) is 0 Å². The third kappa shape index (κ3) is 0.592. The van der Waals surface area contributed by atoms with Gasteiger partial charge in [0, 0.05) is 12.4 Å². The Hall–Kier alpha value is -1.71. The molecule has 0 amide bonds. The zero-order valence-corrected chi connectivity index (χ0v) is 6.31. The highest BCUT2D eigenvalue weighted by Crippen LogP contribution is 2.25. The molecule has 0 spiro atoms. The van der Waals surface area contributed by atoms with Crippen LogP contribution in [0.15, 0.2) is 23.5 Å². The minimum absolute atomic E-state index is 0.796. The normalized spacial score (nSPS) is 14.0. The maximum absolute atomic E-state index is 4.18. The van der Waals surface area contributed by atoms with Gasteiger partial charge in [0.15, 0.2) is 11.6 Å². The molecule has 4 heteroatoms. The molecule has 0 saturated carbocycles. The first-order valence-corrected chi connectivity index (χ1v) is 3.78. The van der Waals surface area contributed by atoms with Crippen molar-refractivity contribution in [3.05, 3.63) is 18.5 Å². The molecule has 3 rings (SSSR count). The molecule has 0 aromatic heterocycles. The molecule has 0 aliphatic carbocycles. The van der Waals surface area contributed by atoms with Gasteiger partial charge in [0.2, 0.25) is 0 Å². The molecule has 3 aliphatic rings. The first-order chi connectivity index (χ1) is 5.95. The maximum atomic E-state index is 4.18. The number of rotatable bonds is 0. The third-order valence-electron chi connectivity index (χ3n) is 2.02. The van der Waals surface area contributed by atoms with E-state index in [9.17, 15) is 0 Å². The first kappa shape index (κ1) is 5.88. The van der Waals surface area contributed by atoms with Crippen LogP contribution in [0.1, 0.15) is 0 Å². The van der Waals surface area contributed by atoms with Gasteiger partial charge in [-0.1, -0.05) is 0 Å². The van der Waals surface area contributed by atoms with Crippen LogP contribution >= 0.6 is 0 Å². The highest BCUT2D eigenvalue weighted by Gasteiger charge is 2.14. The van der Waals surface area contributed by atoms with E-state index in [1.165, 1.54) is 0 Å². The molecule has 0 aromatic carbocycles. The molecule has 3 heterocycles. The van der Waals surface area contributed by atoms with Gasteiger partial charge in [0.1, 0.15) is 0 Å². The summed E-state index contributed by atoms with van der Waals surface area (Å²) in [6.07, 6.45) is 5.39. The Balaban J connectivity index is 2.41. The molecule has 0 N–H and O–H groups in total. The van der Waals surface area contributed by atoms with Crippen LogP contribution in [0.4, 0.5) is 5.82 Å². The minimum atomic E-state index is 0.796. The summed E-state index contributed by atoms with van der Waals surface area (Å²) >= 11 is 0. The molecule has 12 heavy (non-hydrogen) atoms.